The number of nitrogens with zero attached hydrogens (tertiary/aromatic N) is 1. The molecule has 0 saturated carbocycles. The van der Waals surface area contributed by atoms with Crippen LogP contribution in [0.5, 0.6) is 0 Å². The van der Waals surface area contributed by atoms with E-state index in [0.29, 0.717) is 5.76 Å². The summed E-state index contributed by atoms with van der Waals surface area (Å²) in [6.45, 7) is 6.05. The molecule has 0 aromatic heterocycles. The minimum Gasteiger partial charge on any atom is -0.487 e. The maximum Gasteiger partial charge on any atom is 0.193 e. The molecule has 0 atom stereocenters. The smallest absolute Gasteiger partial charge is 0.193 e. The zero-order valence-electron chi connectivity index (χ0n) is 6.93. The first-order valence-corrected chi connectivity index (χ1v) is 3.16. The Morgan fingerprint density at radius 2 is 2.00 bits per heavy atom. The second-order valence-electron chi connectivity index (χ2n) is 3.19. The molecule has 0 heterocycles. The molecule has 0 fully saturated rings. The predicted molar refractivity (Wildman–Crippen MR) is 40.2 cm³/mol. The van der Waals surface area contributed by atoms with Gasteiger partial charge in [-0.1, -0.05) is 20.8 Å². The molecular weight excluding hydrogens is 126 g/mol. The van der Waals surface area contributed by atoms with Crippen LogP contribution in [0.15, 0.2) is 11.8 Å². The lowest BCUT2D eigenvalue weighted by molar-refractivity contribution is 0.301. The van der Waals surface area contributed by atoms with E-state index in [4.69, 9.17) is 10.00 Å². The number of allylic oxidation sites excluding steroid dienone is 2. The SMILES string of the molecule is CO/C(C#N)=C/C(C)(C)C. The Hall–Kier alpha value is -0.970. The lowest BCUT2D eigenvalue weighted by atomic mass is 9.96. The number of rotatable bonds is 1. The van der Waals surface area contributed by atoms with Gasteiger partial charge in [-0.3, -0.25) is 0 Å². The second-order valence-corrected chi connectivity index (χ2v) is 3.19. The van der Waals surface area contributed by atoms with Gasteiger partial charge in [-0.25, -0.2) is 0 Å². The number of hydrogen-bond acceptors (Lipinski definition) is 2. The Morgan fingerprint density at radius 1 is 1.50 bits per heavy atom. The lowest BCUT2D eigenvalue weighted by Gasteiger charge is -2.11. The molecule has 0 amide bonds. The molecule has 0 saturated heterocycles. The van der Waals surface area contributed by atoms with E-state index < -0.39 is 0 Å². The van der Waals surface area contributed by atoms with Crippen molar-refractivity contribution in [2.45, 2.75) is 20.8 Å². The monoisotopic (exact) mass is 139 g/mol. The molecule has 0 radical (unpaired) electrons. The van der Waals surface area contributed by atoms with Gasteiger partial charge >= 0.3 is 0 Å². The van der Waals surface area contributed by atoms with Crippen LogP contribution in [0.3, 0.4) is 0 Å². The Bertz CT molecular complexity index is 169. The van der Waals surface area contributed by atoms with Crippen LogP contribution in [-0.4, -0.2) is 7.11 Å². The van der Waals surface area contributed by atoms with E-state index in [2.05, 4.69) is 0 Å². The van der Waals surface area contributed by atoms with Gasteiger partial charge in [-0.2, -0.15) is 5.26 Å². The summed E-state index contributed by atoms with van der Waals surface area (Å²) in [6.07, 6.45) is 1.80. The number of methoxy groups -OCH3 is 1. The molecular formula is C8H13NO. The van der Waals surface area contributed by atoms with Gasteiger partial charge in [0.05, 0.1) is 7.11 Å². The Balaban J connectivity index is 4.29. The van der Waals surface area contributed by atoms with E-state index in [-0.39, 0.29) is 5.41 Å². The van der Waals surface area contributed by atoms with Gasteiger partial charge in [0.1, 0.15) is 6.07 Å². The highest BCUT2D eigenvalue weighted by atomic mass is 16.5. The third-order valence-electron chi connectivity index (χ3n) is 0.894. The molecule has 0 aliphatic carbocycles. The van der Waals surface area contributed by atoms with Crippen LogP contribution in [0, 0.1) is 16.7 Å². The van der Waals surface area contributed by atoms with Crippen molar-refractivity contribution >= 4 is 0 Å². The van der Waals surface area contributed by atoms with Crippen molar-refractivity contribution in [3.05, 3.63) is 11.8 Å². The average molecular weight is 139 g/mol. The third kappa shape index (κ3) is 3.96. The van der Waals surface area contributed by atoms with Gasteiger partial charge in [0.15, 0.2) is 5.76 Å². The number of nitriles is 1. The molecule has 0 rings (SSSR count). The van der Waals surface area contributed by atoms with Crippen molar-refractivity contribution in [1.82, 2.24) is 0 Å². The normalized spacial score (nSPS) is 12.5. The van der Waals surface area contributed by atoms with Crippen LogP contribution < -0.4 is 0 Å². The van der Waals surface area contributed by atoms with E-state index in [1.807, 2.05) is 26.8 Å². The standard InChI is InChI=1S/C8H13NO/c1-8(2,3)5-7(6-9)10-4/h5H,1-4H3/b7-5+. The molecule has 0 spiro atoms. The Labute approximate surface area is 62.1 Å². The summed E-state index contributed by atoms with van der Waals surface area (Å²) in [7, 11) is 1.50. The van der Waals surface area contributed by atoms with Crippen molar-refractivity contribution < 1.29 is 4.74 Å². The largest absolute Gasteiger partial charge is 0.487 e. The van der Waals surface area contributed by atoms with E-state index >= 15 is 0 Å². The zero-order valence-corrected chi connectivity index (χ0v) is 6.93. The van der Waals surface area contributed by atoms with Gasteiger partial charge in [-0.05, 0) is 11.5 Å². The van der Waals surface area contributed by atoms with Crippen molar-refractivity contribution in [3.63, 3.8) is 0 Å². The maximum atomic E-state index is 8.45. The van der Waals surface area contributed by atoms with Crippen LogP contribution in [0.4, 0.5) is 0 Å². The van der Waals surface area contributed by atoms with Crippen molar-refractivity contribution in [1.29, 1.82) is 5.26 Å². The molecule has 2 nitrogen and oxygen atoms in total. The summed E-state index contributed by atoms with van der Waals surface area (Å²) in [4.78, 5) is 0. The summed E-state index contributed by atoms with van der Waals surface area (Å²) in [5, 5.41) is 8.45. The van der Waals surface area contributed by atoms with E-state index in [9.17, 15) is 0 Å². The molecule has 0 aromatic carbocycles. The summed E-state index contributed by atoms with van der Waals surface area (Å²) in [5.41, 5.74) is 0.0150. The summed E-state index contributed by atoms with van der Waals surface area (Å²) >= 11 is 0. The van der Waals surface area contributed by atoms with Crippen molar-refractivity contribution in [2.75, 3.05) is 7.11 Å². The minimum atomic E-state index is 0.0150. The van der Waals surface area contributed by atoms with Crippen LogP contribution >= 0.6 is 0 Å². The highest BCUT2D eigenvalue weighted by Crippen LogP contribution is 2.17. The molecule has 0 aliphatic heterocycles. The summed E-state index contributed by atoms with van der Waals surface area (Å²) < 4.78 is 4.78. The highest BCUT2D eigenvalue weighted by molar-refractivity contribution is 5.15. The first kappa shape index (κ1) is 9.03. The first-order valence-electron chi connectivity index (χ1n) is 3.16. The molecule has 56 valence electrons. The Morgan fingerprint density at radius 3 is 2.10 bits per heavy atom. The fourth-order valence-corrected chi connectivity index (χ4v) is 0.530. The lowest BCUT2D eigenvalue weighted by Crippen LogP contribution is -2.01. The topological polar surface area (TPSA) is 33.0 Å². The van der Waals surface area contributed by atoms with Gasteiger partial charge < -0.3 is 4.74 Å². The Kier molecular flexibility index (Phi) is 2.95. The minimum absolute atomic E-state index is 0.0150. The van der Waals surface area contributed by atoms with Gasteiger partial charge in [0.25, 0.3) is 0 Å². The predicted octanol–water partition coefficient (Wildman–Crippen LogP) is 2.09. The average Bonchev–Trinajstić information content (AvgIpc) is 1.81. The van der Waals surface area contributed by atoms with E-state index in [1.165, 1.54) is 7.11 Å². The summed E-state index contributed by atoms with van der Waals surface area (Å²) in [6, 6.07) is 1.95. The molecule has 0 aliphatic rings. The van der Waals surface area contributed by atoms with Gasteiger partial charge in [0, 0.05) is 0 Å². The number of hydrogen-bond donors (Lipinski definition) is 0. The van der Waals surface area contributed by atoms with E-state index in [1.54, 1.807) is 6.08 Å². The first-order chi connectivity index (χ1) is 4.49. The molecule has 10 heavy (non-hydrogen) atoms. The molecule has 0 unspecified atom stereocenters. The van der Waals surface area contributed by atoms with Crippen LogP contribution in [0.25, 0.3) is 0 Å². The van der Waals surface area contributed by atoms with E-state index in [0.717, 1.165) is 0 Å². The quantitative estimate of drug-likeness (QED) is 0.411. The highest BCUT2D eigenvalue weighted by Gasteiger charge is 2.07. The zero-order chi connectivity index (χ0) is 8.20. The third-order valence-corrected chi connectivity index (χ3v) is 0.894. The second kappa shape index (κ2) is 3.26. The molecule has 0 bridgehead atoms. The number of ether oxygens (including phenoxy) is 1. The van der Waals surface area contributed by atoms with Gasteiger partial charge in [0.2, 0.25) is 0 Å². The fraction of sp³-hybridized carbons (Fsp3) is 0.625. The van der Waals surface area contributed by atoms with Crippen molar-refractivity contribution in [2.24, 2.45) is 5.41 Å². The summed E-state index contributed by atoms with van der Waals surface area (Å²) in [5.74, 6) is 0.382. The fourth-order valence-electron chi connectivity index (χ4n) is 0.530. The maximum absolute atomic E-state index is 8.45. The molecule has 0 aromatic rings. The molecule has 0 N–H and O–H groups in total. The van der Waals surface area contributed by atoms with Gasteiger partial charge in [-0.15, -0.1) is 0 Å². The van der Waals surface area contributed by atoms with Crippen LogP contribution in [0.1, 0.15) is 20.8 Å². The van der Waals surface area contributed by atoms with Crippen LogP contribution in [0.2, 0.25) is 0 Å². The molecule has 2 heteroatoms. The van der Waals surface area contributed by atoms with Crippen LogP contribution in [-0.2, 0) is 4.74 Å². The van der Waals surface area contributed by atoms with Crippen molar-refractivity contribution in [3.8, 4) is 6.07 Å².